The fraction of sp³-hybridized carbons (Fsp3) is 0.692. The van der Waals surface area contributed by atoms with E-state index in [4.69, 9.17) is 5.11 Å². The summed E-state index contributed by atoms with van der Waals surface area (Å²) in [5.41, 5.74) is 1.08. The van der Waals surface area contributed by atoms with E-state index in [1.54, 1.807) is 16.8 Å². The van der Waals surface area contributed by atoms with E-state index in [2.05, 4.69) is 6.08 Å². The lowest BCUT2D eigenvalue weighted by molar-refractivity contribution is -0.143. The van der Waals surface area contributed by atoms with Gasteiger partial charge in [0.2, 0.25) is 5.91 Å². The van der Waals surface area contributed by atoms with Gasteiger partial charge < -0.3 is 10.0 Å². The number of likely N-dealkylation sites (N-methyl/N-ethyl adjacent to an activating group) is 1. The highest BCUT2D eigenvalue weighted by molar-refractivity contribution is 5.81. The zero-order valence-electron chi connectivity index (χ0n) is 10.8. The highest BCUT2D eigenvalue weighted by Crippen LogP contribution is 2.22. The Hall–Kier alpha value is -1.36. The summed E-state index contributed by atoms with van der Waals surface area (Å²) in [5.74, 6) is -0.820. The van der Waals surface area contributed by atoms with E-state index in [9.17, 15) is 9.59 Å². The van der Waals surface area contributed by atoms with Crippen LogP contribution >= 0.6 is 0 Å². The van der Waals surface area contributed by atoms with Crippen LogP contribution < -0.4 is 0 Å². The van der Waals surface area contributed by atoms with Crippen LogP contribution in [0.4, 0.5) is 0 Å². The van der Waals surface area contributed by atoms with Crippen LogP contribution in [0.1, 0.15) is 32.1 Å². The molecule has 0 radical (unpaired) electrons. The van der Waals surface area contributed by atoms with Gasteiger partial charge in [0.15, 0.2) is 0 Å². The van der Waals surface area contributed by atoms with Crippen molar-refractivity contribution in [1.82, 2.24) is 9.80 Å². The lowest BCUT2D eigenvalue weighted by Crippen LogP contribution is -2.43. The lowest BCUT2D eigenvalue weighted by atomic mass is 10.2. The normalized spacial score (nSPS) is 24.1. The number of amides is 1. The topological polar surface area (TPSA) is 60.9 Å². The Bertz CT molecular complexity index is 378. The zero-order chi connectivity index (χ0) is 13.1. The number of carboxylic acid groups (broad SMARTS) is 1. The molecule has 1 N–H and O–H groups in total. The number of carboxylic acids is 1. The Morgan fingerprint density at radius 1 is 1.50 bits per heavy atom. The van der Waals surface area contributed by atoms with Gasteiger partial charge in [-0.05, 0) is 38.6 Å². The summed E-state index contributed by atoms with van der Waals surface area (Å²) >= 11 is 0. The molecule has 1 unspecified atom stereocenters. The molecule has 1 heterocycles. The fourth-order valence-corrected chi connectivity index (χ4v) is 2.69. The van der Waals surface area contributed by atoms with Crippen LogP contribution in [0.3, 0.4) is 0 Å². The van der Waals surface area contributed by atoms with Gasteiger partial charge in [-0.25, -0.2) is 0 Å². The number of hydrogen-bond donors (Lipinski definition) is 1. The van der Waals surface area contributed by atoms with Crippen molar-refractivity contribution < 1.29 is 14.7 Å². The largest absolute Gasteiger partial charge is 0.480 e. The molecule has 1 aliphatic carbocycles. The van der Waals surface area contributed by atoms with Crippen molar-refractivity contribution in [1.29, 1.82) is 0 Å². The molecule has 0 bridgehead atoms. The molecule has 100 valence electrons. The number of aliphatic carboxylic acids is 1. The number of allylic oxidation sites excluding steroid dienone is 2. The first-order chi connectivity index (χ1) is 8.59. The maximum Gasteiger partial charge on any atom is 0.320 e. The first-order valence-electron chi connectivity index (χ1n) is 6.52. The van der Waals surface area contributed by atoms with E-state index < -0.39 is 12.0 Å². The minimum atomic E-state index is -0.817. The Balaban J connectivity index is 1.92. The van der Waals surface area contributed by atoms with Gasteiger partial charge in [0, 0.05) is 12.7 Å². The van der Waals surface area contributed by atoms with Gasteiger partial charge in [0.25, 0.3) is 0 Å². The first kappa shape index (κ1) is 13.1. The molecule has 0 aromatic rings. The van der Waals surface area contributed by atoms with E-state index in [-0.39, 0.29) is 12.5 Å². The average Bonchev–Trinajstić information content (AvgIpc) is 2.98. The number of nitrogens with zero attached hydrogens (tertiary/aromatic N) is 2. The van der Waals surface area contributed by atoms with Gasteiger partial charge in [0.1, 0.15) is 6.04 Å². The molecule has 1 atom stereocenters. The third-order valence-electron chi connectivity index (χ3n) is 3.81. The summed E-state index contributed by atoms with van der Waals surface area (Å²) in [7, 11) is 1.78. The summed E-state index contributed by atoms with van der Waals surface area (Å²) in [5, 5.41) is 9.07. The van der Waals surface area contributed by atoms with Gasteiger partial charge in [-0.1, -0.05) is 6.08 Å². The molecule has 0 aromatic carbocycles. The third-order valence-corrected chi connectivity index (χ3v) is 3.81. The van der Waals surface area contributed by atoms with Crippen molar-refractivity contribution in [2.24, 2.45) is 0 Å². The van der Waals surface area contributed by atoms with Crippen molar-refractivity contribution >= 4 is 11.9 Å². The van der Waals surface area contributed by atoms with Crippen molar-refractivity contribution in [2.45, 2.75) is 38.1 Å². The maximum atomic E-state index is 12.1. The van der Waals surface area contributed by atoms with Gasteiger partial charge in [-0.3, -0.25) is 14.5 Å². The summed E-state index contributed by atoms with van der Waals surface area (Å²) in [6.45, 7) is 0.917. The van der Waals surface area contributed by atoms with Crippen molar-refractivity contribution in [3.8, 4) is 0 Å². The molecule has 2 aliphatic rings. The predicted octanol–water partition coefficient (Wildman–Crippen LogP) is 1.06. The van der Waals surface area contributed by atoms with E-state index in [1.807, 2.05) is 0 Å². The Kier molecular flexibility index (Phi) is 4.01. The van der Waals surface area contributed by atoms with Gasteiger partial charge in [-0.15, -0.1) is 0 Å². The van der Waals surface area contributed by atoms with E-state index in [0.717, 1.165) is 31.4 Å². The average molecular weight is 252 g/mol. The number of carbonyl (C=O) groups is 2. The predicted molar refractivity (Wildman–Crippen MR) is 66.9 cm³/mol. The lowest BCUT2D eigenvalue weighted by Gasteiger charge is -2.25. The Morgan fingerprint density at radius 3 is 2.89 bits per heavy atom. The SMILES string of the molecule is CN(C(=O)CN1CCCC1C(=O)O)C1=CCCC1. The summed E-state index contributed by atoms with van der Waals surface area (Å²) < 4.78 is 0. The zero-order valence-corrected chi connectivity index (χ0v) is 10.8. The van der Waals surface area contributed by atoms with E-state index in [0.29, 0.717) is 13.0 Å². The van der Waals surface area contributed by atoms with Crippen LogP contribution in [-0.4, -0.2) is 53.0 Å². The molecule has 5 heteroatoms. The van der Waals surface area contributed by atoms with E-state index in [1.165, 1.54) is 0 Å². The van der Waals surface area contributed by atoms with Crippen LogP contribution in [0.2, 0.25) is 0 Å². The second-order valence-corrected chi connectivity index (χ2v) is 5.01. The first-order valence-corrected chi connectivity index (χ1v) is 6.52. The molecule has 1 fully saturated rings. The third kappa shape index (κ3) is 2.72. The van der Waals surface area contributed by atoms with Crippen molar-refractivity contribution in [2.75, 3.05) is 20.1 Å². The smallest absolute Gasteiger partial charge is 0.320 e. The monoisotopic (exact) mass is 252 g/mol. The number of rotatable bonds is 4. The van der Waals surface area contributed by atoms with Crippen LogP contribution in [0.5, 0.6) is 0 Å². The molecule has 18 heavy (non-hydrogen) atoms. The summed E-state index contributed by atoms with van der Waals surface area (Å²) in [6, 6.07) is -0.486. The van der Waals surface area contributed by atoms with Crippen molar-refractivity contribution in [3.05, 3.63) is 11.8 Å². The highest BCUT2D eigenvalue weighted by Gasteiger charge is 2.32. The Labute approximate surface area is 107 Å². The number of hydrogen-bond acceptors (Lipinski definition) is 3. The molecule has 0 spiro atoms. The molecule has 5 nitrogen and oxygen atoms in total. The number of carbonyl (C=O) groups excluding carboxylic acids is 1. The van der Waals surface area contributed by atoms with Gasteiger partial charge in [-0.2, -0.15) is 0 Å². The molecule has 1 amide bonds. The van der Waals surface area contributed by atoms with Crippen molar-refractivity contribution in [3.63, 3.8) is 0 Å². The van der Waals surface area contributed by atoms with Crippen LogP contribution in [0, 0.1) is 0 Å². The fourth-order valence-electron chi connectivity index (χ4n) is 2.69. The molecule has 2 rings (SSSR count). The molecule has 0 aromatic heterocycles. The molecular weight excluding hydrogens is 232 g/mol. The van der Waals surface area contributed by atoms with E-state index >= 15 is 0 Å². The van der Waals surface area contributed by atoms with Crippen LogP contribution in [-0.2, 0) is 9.59 Å². The molecular formula is C13H20N2O3. The number of likely N-dealkylation sites (tertiary alicyclic amines) is 1. The minimum absolute atomic E-state index is 0.00343. The molecule has 0 saturated carbocycles. The maximum absolute atomic E-state index is 12.1. The van der Waals surface area contributed by atoms with Crippen LogP contribution in [0.15, 0.2) is 11.8 Å². The standard InChI is InChI=1S/C13H20N2O3/c1-14(10-5-2-3-6-10)12(16)9-15-8-4-7-11(15)13(17)18/h5,11H,2-4,6-9H2,1H3,(H,17,18). The molecule has 1 aliphatic heterocycles. The van der Waals surface area contributed by atoms with Gasteiger partial charge >= 0.3 is 5.97 Å². The quantitative estimate of drug-likeness (QED) is 0.812. The highest BCUT2D eigenvalue weighted by atomic mass is 16.4. The Morgan fingerprint density at radius 2 is 2.28 bits per heavy atom. The second kappa shape index (κ2) is 5.52. The minimum Gasteiger partial charge on any atom is -0.480 e. The molecule has 1 saturated heterocycles. The summed E-state index contributed by atoms with van der Waals surface area (Å²) in [4.78, 5) is 26.6. The van der Waals surface area contributed by atoms with Gasteiger partial charge in [0.05, 0.1) is 6.54 Å². The summed E-state index contributed by atoms with van der Waals surface area (Å²) in [6.07, 6.45) is 6.69. The van der Waals surface area contributed by atoms with Crippen LogP contribution in [0.25, 0.3) is 0 Å². The second-order valence-electron chi connectivity index (χ2n) is 5.01.